The Morgan fingerprint density at radius 3 is 2.75 bits per heavy atom. The van der Waals surface area contributed by atoms with Gasteiger partial charge in [0, 0.05) is 12.1 Å². The van der Waals surface area contributed by atoms with Gasteiger partial charge in [-0.15, -0.1) is 0 Å². The molecule has 3 N–H and O–H groups in total. The number of carbonyl (C=O) groups is 1. The van der Waals surface area contributed by atoms with Crippen molar-refractivity contribution in [3.05, 3.63) is 59.2 Å². The van der Waals surface area contributed by atoms with E-state index in [-0.39, 0.29) is 6.61 Å². The summed E-state index contributed by atoms with van der Waals surface area (Å²) in [7, 11) is -1.50. The van der Waals surface area contributed by atoms with Crippen LogP contribution in [0.5, 0.6) is 0 Å². The van der Waals surface area contributed by atoms with Crippen molar-refractivity contribution >= 4 is 24.4 Å². The van der Waals surface area contributed by atoms with E-state index in [1.165, 1.54) is 0 Å². The molecule has 0 radical (unpaired) electrons. The third-order valence-corrected chi connectivity index (χ3v) is 3.51. The number of benzene rings is 2. The summed E-state index contributed by atoms with van der Waals surface area (Å²) in [6.07, 6.45) is -0.0793. The summed E-state index contributed by atoms with van der Waals surface area (Å²) in [6.45, 7) is 2.04. The van der Waals surface area contributed by atoms with Crippen molar-refractivity contribution in [3.63, 3.8) is 0 Å². The van der Waals surface area contributed by atoms with Crippen molar-refractivity contribution < 1.29 is 19.6 Å². The van der Waals surface area contributed by atoms with Crippen LogP contribution in [0.15, 0.2) is 42.5 Å². The molecule has 0 heterocycles. The number of rotatable bonds is 5. The number of aryl methyl sites for hydroxylation is 1. The summed E-state index contributed by atoms with van der Waals surface area (Å²) < 4.78 is 5.12. The van der Waals surface area contributed by atoms with Crippen molar-refractivity contribution in [2.75, 3.05) is 11.9 Å². The fraction of sp³-hybridized carbons (Fsp3) is 0.176. The van der Waals surface area contributed by atoms with Crippen LogP contribution in [-0.4, -0.2) is 29.9 Å². The number of nitriles is 1. The lowest BCUT2D eigenvalue weighted by molar-refractivity contribution is 0.163. The molecule has 122 valence electrons. The highest BCUT2D eigenvalue weighted by atomic mass is 16.5. The van der Waals surface area contributed by atoms with Gasteiger partial charge < -0.3 is 14.8 Å². The summed E-state index contributed by atoms with van der Waals surface area (Å²) in [5.41, 5.74) is 3.23. The first kappa shape index (κ1) is 17.5. The third-order valence-electron chi connectivity index (χ3n) is 3.51. The Kier molecular flexibility index (Phi) is 5.96. The number of ether oxygens (including phenoxy) is 1. The fourth-order valence-electron chi connectivity index (χ4n) is 2.23. The summed E-state index contributed by atoms with van der Waals surface area (Å²) in [5, 5.41) is 29.6. The summed E-state index contributed by atoms with van der Waals surface area (Å²) in [5.74, 6) is 0. The molecule has 1 amide bonds. The molecule has 0 aliphatic heterocycles. The van der Waals surface area contributed by atoms with E-state index in [9.17, 15) is 4.79 Å². The normalized spacial score (nSPS) is 9.92. The van der Waals surface area contributed by atoms with Crippen molar-refractivity contribution in [1.29, 1.82) is 5.26 Å². The van der Waals surface area contributed by atoms with Crippen LogP contribution in [0.25, 0.3) is 0 Å². The summed E-state index contributed by atoms with van der Waals surface area (Å²) >= 11 is 0. The van der Waals surface area contributed by atoms with E-state index in [1.54, 1.807) is 42.5 Å². The number of nitrogens with one attached hydrogen (secondary N) is 1. The predicted molar refractivity (Wildman–Crippen MR) is 90.8 cm³/mol. The zero-order chi connectivity index (χ0) is 17.5. The van der Waals surface area contributed by atoms with Crippen LogP contribution in [0, 0.1) is 18.3 Å². The molecule has 2 rings (SSSR count). The number of nitrogens with zero attached hydrogens (tertiary/aromatic N) is 1. The van der Waals surface area contributed by atoms with E-state index in [2.05, 4.69) is 5.32 Å². The lowest BCUT2D eigenvalue weighted by Crippen LogP contribution is -2.30. The predicted octanol–water partition coefficient (Wildman–Crippen LogP) is 1.34. The van der Waals surface area contributed by atoms with Crippen LogP contribution in [0.4, 0.5) is 10.5 Å². The molecule has 0 bridgehead atoms. The van der Waals surface area contributed by atoms with Gasteiger partial charge in [-0.2, -0.15) is 5.26 Å². The van der Waals surface area contributed by atoms with Gasteiger partial charge in [0.1, 0.15) is 0 Å². The molecule has 24 heavy (non-hydrogen) atoms. The smallest absolute Gasteiger partial charge is 0.449 e. The van der Waals surface area contributed by atoms with Gasteiger partial charge in [0.15, 0.2) is 0 Å². The molecular formula is C17H17BN2O4. The minimum absolute atomic E-state index is 0.186. The second kappa shape index (κ2) is 8.15. The molecule has 0 aliphatic rings. The molecule has 2 aromatic carbocycles. The van der Waals surface area contributed by atoms with Crippen LogP contribution >= 0.6 is 0 Å². The first-order valence-corrected chi connectivity index (χ1v) is 7.39. The Bertz CT molecular complexity index is 771. The van der Waals surface area contributed by atoms with Crippen LogP contribution < -0.4 is 10.8 Å². The van der Waals surface area contributed by atoms with Crippen molar-refractivity contribution in [2.24, 2.45) is 0 Å². The van der Waals surface area contributed by atoms with Gasteiger partial charge in [0.2, 0.25) is 0 Å². The molecule has 0 aliphatic carbocycles. The maximum Gasteiger partial charge on any atom is 0.488 e. The zero-order valence-electron chi connectivity index (χ0n) is 13.2. The second-order valence-corrected chi connectivity index (χ2v) is 5.26. The Balaban J connectivity index is 1.85. The molecule has 7 heteroatoms. The molecule has 0 aromatic heterocycles. The molecule has 0 saturated heterocycles. The summed E-state index contributed by atoms with van der Waals surface area (Å²) in [6, 6.07) is 13.6. The van der Waals surface area contributed by atoms with E-state index in [0.717, 1.165) is 11.1 Å². The maximum atomic E-state index is 11.7. The first-order valence-electron chi connectivity index (χ1n) is 7.39. The van der Waals surface area contributed by atoms with Gasteiger partial charge in [0.05, 0.1) is 18.2 Å². The molecule has 0 spiro atoms. The number of anilines is 1. The quantitative estimate of drug-likeness (QED) is 0.720. The number of carbonyl (C=O) groups excluding carboxylic acids is 1. The van der Waals surface area contributed by atoms with E-state index in [4.69, 9.17) is 20.0 Å². The minimum Gasteiger partial charge on any atom is -0.449 e. The van der Waals surface area contributed by atoms with Crippen LogP contribution in [-0.2, 0) is 11.2 Å². The van der Waals surface area contributed by atoms with E-state index in [1.807, 2.05) is 13.0 Å². The molecule has 0 fully saturated rings. The minimum atomic E-state index is -1.50. The van der Waals surface area contributed by atoms with Gasteiger partial charge in [-0.1, -0.05) is 24.3 Å². The van der Waals surface area contributed by atoms with Crippen molar-refractivity contribution in [1.82, 2.24) is 0 Å². The molecule has 6 nitrogen and oxygen atoms in total. The van der Waals surface area contributed by atoms with Crippen LogP contribution in [0.2, 0.25) is 0 Å². The lowest BCUT2D eigenvalue weighted by atomic mass is 9.79. The molecule has 0 atom stereocenters. The van der Waals surface area contributed by atoms with Crippen molar-refractivity contribution in [2.45, 2.75) is 13.3 Å². The SMILES string of the molecule is Cc1cc(B(O)O)ccc1CCOC(=O)Nc1cccc(C#N)c1. The standard InChI is InChI=1S/C17H17BN2O4/c1-12-9-15(18(22)23)6-5-14(12)7-8-24-17(21)20-16-4-2-3-13(10-16)11-19/h2-6,9-10,22-23H,7-8H2,1H3,(H,20,21). The number of hydrogen-bond acceptors (Lipinski definition) is 5. The first-order chi connectivity index (χ1) is 11.5. The average molecular weight is 324 g/mol. The molecule has 0 saturated carbocycles. The lowest BCUT2D eigenvalue weighted by Gasteiger charge is -2.10. The van der Waals surface area contributed by atoms with E-state index in [0.29, 0.717) is 23.1 Å². The zero-order valence-corrected chi connectivity index (χ0v) is 13.2. The van der Waals surface area contributed by atoms with Gasteiger partial charge in [-0.25, -0.2) is 4.79 Å². The third kappa shape index (κ3) is 4.85. The second-order valence-electron chi connectivity index (χ2n) is 5.26. The molecule has 0 unspecified atom stereocenters. The highest BCUT2D eigenvalue weighted by Gasteiger charge is 2.12. The topological polar surface area (TPSA) is 103 Å². The largest absolute Gasteiger partial charge is 0.488 e. The summed E-state index contributed by atoms with van der Waals surface area (Å²) in [4.78, 5) is 11.7. The Labute approximate surface area is 140 Å². The highest BCUT2D eigenvalue weighted by Crippen LogP contribution is 2.11. The Hall–Kier alpha value is -2.82. The van der Waals surface area contributed by atoms with Gasteiger partial charge in [-0.3, -0.25) is 5.32 Å². The fourth-order valence-corrected chi connectivity index (χ4v) is 2.23. The maximum absolute atomic E-state index is 11.7. The Morgan fingerprint density at radius 1 is 1.29 bits per heavy atom. The monoisotopic (exact) mass is 324 g/mol. The Morgan fingerprint density at radius 2 is 2.08 bits per heavy atom. The van der Waals surface area contributed by atoms with Crippen LogP contribution in [0.3, 0.4) is 0 Å². The average Bonchev–Trinajstić information content (AvgIpc) is 2.56. The molecular weight excluding hydrogens is 307 g/mol. The molecule has 2 aromatic rings. The van der Waals surface area contributed by atoms with Gasteiger partial charge >= 0.3 is 13.2 Å². The van der Waals surface area contributed by atoms with Crippen LogP contribution in [0.1, 0.15) is 16.7 Å². The highest BCUT2D eigenvalue weighted by molar-refractivity contribution is 6.58. The van der Waals surface area contributed by atoms with Gasteiger partial charge in [0.25, 0.3) is 0 Å². The van der Waals surface area contributed by atoms with E-state index < -0.39 is 13.2 Å². The number of amides is 1. The van der Waals surface area contributed by atoms with Gasteiger partial charge in [-0.05, 0) is 41.7 Å². The number of hydrogen-bond donors (Lipinski definition) is 3. The van der Waals surface area contributed by atoms with Crippen molar-refractivity contribution in [3.8, 4) is 6.07 Å². The van der Waals surface area contributed by atoms with E-state index >= 15 is 0 Å².